The first-order valence-electron chi connectivity index (χ1n) is 8.21. The van der Waals surface area contributed by atoms with E-state index in [0.29, 0.717) is 26.4 Å². The van der Waals surface area contributed by atoms with E-state index in [0.717, 1.165) is 36.5 Å². The van der Waals surface area contributed by atoms with Gasteiger partial charge in [-0.1, -0.05) is 29.8 Å². The lowest BCUT2D eigenvalue weighted by Crippen LogP contribution is -2.45. The molecule has 2 fully saturated rings. The molecule has 1 amide bonds. The molecular weight excluding hydrogens is 316 g/mol. The first-order chi connectivity index (χ1) is 11.3. The Hall–Kier alpha value is -1.14. The number of rotatable bonds is 5. The SMILES string of the molecule is O=C(NC[C@H](c1ccccc1Cl)N1CCOCC1)[C@@H]1CCCO1. The number of halogens is 1. The molecule has 2 aliphatic heterocycles. The molecule has 0 bridgehead atoms. The molecule has 2 aliphatic rings. The maximum Gasteiger partial charge on any atom is 0.249 e. The molecule has 1 aromatic rings. The number of carbonyl (C=O) groups excluding carboxylic acids is 1. The van der Waals surface area contributed by atoms with Crippen LogP contribution in [0.15, 0.2) is 24.3 Å². The Labute approximate surface area is 141 Å². The van der Waals surface area contributed by atoms with E-state index in [1.807, 2.05) is 24.3 Å². The number of nitrogens with one attached hydrogen (secondary N) is 1. The first-order valence-corrected chi connectivity index (χ1v) is 8.59. The summed E-state index contributed by atoms with van der Waals surface area (Å²) in [7, 11) is 0. The monoisotopic (exact) mass is 338 g/mol. The molecule has 6 heteroatoms. The molecule has 2 saturated heterocycles. The van der Waals surface area contributed by atoms with Crippen LogP contribution in [-0.4, -0.2) is 56.4 Å². The molecule has 0 unspecified atom stereocenters. The van der Waals surface area contributed by atoms with E-state index in [1.54, 1.807) is 0 Å². The van der Waals surface area contributed by atoms with Gasteiger partial charge in [-0.2, -0.15) is 0 Å². The van der Waals surface area contributed by atoms with E-state index in [9.17, 15) is 4.79 Å². The van der Waals surface area contributed by atoms with Gasteiger partial charge in [0.15, 0.2) is 0 Å². The van der Waals surface area contributed by atoms with Crippen LogP contribution in [0.2, 0.25) is 5.02 Å². The van der Waals surface area contributed by atoms with Gasteiger partial charge in [-0.15, -0.1) is 0 Å². The van der Waals surface area contributed by atoms with Crippen LogP contribution in [0.5, 0.6) is 0 Å². The molecule has 1 aromatic carbocycles. The summed E-state index contributed by atoms with van der Waals surface area (Å²) in [6.45, 7) is 4.30. The third-order valence-corrected chi connectivity index (χ3v) is 4.79. The summed E-state index contributed by atoms with van der Waals surface area (Å²) >= 11 is 6.39. The zero-order valence-electron chi connectivity index (χ0n) is 13.2. The first kappa shape index (κ1) is 16.7. The van der Waals surface area contributed by atoms with E-state index >= 15 is 0 Å². The largest absolute Gasteiger partial charge is 0.379 e. The predicted octanol–water partition coefficient (Wildman–Crippen LogP) is 2.01. The quantitative estimate of drug-likeness (QED) is 0.892. The number of benzene rings is 1. The van der Waals surface area contributed by atoms with Crippen LogP contribution in [0, 0.1) is 0 Å². The second kappa shape index (κ2) is 8.11. The zero-order valence-corrected chi connectivity index (χ0v) is 13.9. The standard InChI is InChI=1S/C17H23ClN2O3/c18-14-5-2-1-4-13(14)15(20-7-10-22-11-8-20)12-19-17(21)16-6-3-9-23-16/h1-2,4-5,15-16H,3,6-12H2,(H,19,21)/t15-,16+/m1/s1. The molecule has 0 spiro atoms. The fourth-order valence-electron chi connectivity index (χ4n) is 3.17. The van der Waals surface area contributed by atoms with Gasteiger partial charge < -0.3 is 14.8 Å². The molecule has 0 aromatic heterocycles. The summed E-state index contributed by atoms with van der Waals surface area (Å²) in [5.41, 5.74) is 1.05. The summed E-state index contributed by atoms with van der Waals surface area (Å²) in [5.74, 6) is -0.0205. The number of amides is 1. The highest BCUT2D eigenvalue weighted by Crippen LogP contribution is 2.28. The van der Waals surface area contributed by atoms with Crippen LogP contribution < -0.4 is 5.32 Å². The van der Waals surface area contributed by atoms with Crippen LogP contribution in [0.3, 0.4) is 0 Å². The second-order valence-electron chi connectivity index (χ2n) is 5.93. The Kier molecular flexibility index (Phi) is 5.89. The molecule has 0 radical (unpaired) electrons. The van der Waals surface area contributed by atoms with Gasteiger partial charge in [0.25, 0.3) is 0 Å². The fraction of sp³-hybridized carbons (Fsp3) is 0.588. The van der Waals surface area contributed by atoms with Crippen molar-refractivity contribution in [2.75, 3.05) is 39.5 Å². The van der Waals surface area contributed by atoms with Crippen molar-refractivity contribution >= 4 is 17.5 Å². The molecule has 0 aliphatic carbocycles. The van der Waals surface area contributed by atoms with Gasteiger partial charge in [0.05, 0.1) is 19.3 Å². The number of carbonyl (C=O) groups is 1. The van der Waals surface area contributed by atoms with Crippen LogP contribution >= 0.6 is 11.6 Å². The van der Waals surface area contributed by atoms with Crippen molar-refractivity contribution in [1.29, 1.82) is 0 Å². The third-order valence-electron chi connectivity index (χ3n) is 4.44. The van der Waals surface area contributed by atoms with Gasteiger partial charge in [-0.25, -0.2) is 0 Å². The van der Waals surface area contributed by atoms with Crippen molar-refractivity contribution in [3.8, 4) is 0 Å². The molecule has 0 saturated carbocycles. The number of ether oxygens (including phenoxy) is 2. The molecule has 5 nitrogen and oxygen atoms in total. The van der Waals surface area contributed by atoms with Crippen LogP contribution in [0.25, 0.3) is 0 Å². The minimum atomic E-state index is -0.299. The van der Waals surface area contributed by atoms with Crippen molar-refractivity contribution in [2.45, 2.75) is 25.0 Å². The second-order valence-corrected chi connectivity index (χ2v) is 6.34. The Balaban J connectivity index is 1.69. The average molecular weight is 339 g/mol. The average Bonchev–Trinajstić information content (AvgIpc) is 3.12. The highest BCUT2D eigenvalue weighted by atomic mass is 35.5. The van der Waals surface area contributed by atoms with Gasteiger partial charge in [-0.3, -0.25) is 9.69 Å². The minimum absolute atomic E-state index is 0.0205. The van der Waals surface area contributed by atoms with Crippen molar-refractivity contribution < 1.29 is 14.3 Å². The normalized spacial score (nSPS) is 23.6. The lowest BCUT2D eigenvalue weighted by Gasteiger charge is -2.35. The molecule has 3 rings (SSSR count). The lowest BCUT2D eigenvalue weighted by molar-refractivity contribution is -0.130. The highest BCUT2D eigenvalue weighted by molar-refractivity contribution is 6.31. The van der Waals surface area contributed by atoms with E-state index < -0.39 is 0 Å². The summed E-state index contributed by atoms with van der Waals surface area (Å²) < 4.78 is 10.9. The molecule has 1 N–H and O–H groups in total. The van der Waals surface area contributed by atoms with E-state index in [2.05, 4.69) is 10.2 Å². The van der Waals surface area contributed by atoms with E-state index in [-0.39, 0.29) is 18.1 Å². The smallest absolute Gasteiger partial charge is 0.249 e. The zero-order chi connectivity index (χ0) is 16.1. The number of nitrogens with zero attached hydrogens (tertiary/aromatic N) is 1. The summed E-state index contributed by atoms with van der Waals surface area (Å²) in [5, 5.41) is 3.77. The van der Waals surface area contributed by atoms with Crippen molar-refractivity contribution in [3.05, 3.63) is 34.9 Å². The van der Waals surface area contributed by atoms with Crippen LogP contribution in [-0.2, 0) is 14.3 Å². The van der Waals surface area contributed by atoms with Crippen LogP contribution in [0.1, 0.15) is 24.4 Å². The van der Waals surface area contributed by atoms with Gasteiger partial charge in [-0.05, 0) is 24.5 Å². The highest BCUT2D eigenvalue weighted by Gasteiger charge is 2.27. The molecule has 23 heavy (non-hydrogen) atoms. The van der Waals surface area contributed by atoms with Crippen molar-refractivity contribution in [1.82, 2.24) is 10.2 Å². The number of hydrogen-bond donors (Lipinski definition) is 1. The van der Waals surface area contributed by atoms with Crippen molar-refractivity contribution in [3.63, 3.8) is 0 Å². The van der Waals surface area contributed by atoms with E-state index in [4.69, 9.17) is 21.1 Å². The molecule has 126 valence electrons. The van der Waals surface area contributed by atoms with Crippen molar-refractivity contribution in [2.24, 2.45) is 0 Å². The van der Waals surface area contributed by atoms with Gasteiger partial charge in [0.1, 0.15) is 6.10 Å². The summed E-state index contributed by atoms with van der Waals surface area (Å²) in [6, 6.07) is 7.88. The predicted molar refractivity (Wildman–Crippen MR) is 88.6 cm³/mol. The Morgan fingerprint density at radius 3 is 2.78 bits per heavy atom. The minimum Gasteiger partial charge on any atom is -0.379 e. The molecule has 2 heterocycles. The third kappa shape index (κ3) is 4.23. The lowest BCUT2D eigenvalue weighted by atomic mass is 10.0. The Morgan fingerprint density at radius 2 is 2.09 bits per heavy atom. The maximum atomic E-state index is 12.2. The number of morpholine rings is 1. The molecular formula is C17H23ClN2O3. The van der Waals surface area contributed by atoms with E-state index in [1.165, 1.54) is 0 Å². The van der Waals surface area contributed by atoms with Gasteiger partial charge in [0.2, 0.25) is 5.91 Å². The topological polar surface area (TPSA) is 50.8 Å². The fourth-order valence-corrected chi connectivity index (χ4v) is 3.43. The Bertz CT molecular complexity index is 528. The van der Waals surface area contributed by atoms with Gasteiger partial charge >= 0.3 is 0 Å². The summed E-state index contributed by atoms with van der Waals surface area (Å²) in [6.07, 6.45) is 1.46. The van der Waals surface area contributed by atoms with Gasteiger partial charge in [0, 0.05) is 31.3 Å². The summed E-state index contributed by atoms with van der Waals surface area (Å²) in [4.78, 5) is 14.6. The van der Waals surface area contributed by atoms with Crippen LogP contribution in [0.4, 0.5) is 0 Å². The molecule has 2 atom stereocenters. The Morgan fingerprint density at radius 1 is 1.30 bits per heavy atom. The maximum absolute atomic E-state index is 12.2. The number of hydrogen-bond acceptors (Lipinski definition) is 4.